The molecule has 0 radical (unpaired) electrons. The van der Waals surface area contributed by atoms with Crippen LogP contribution < -0.4 is 10.6 Å². The third-order valence-corrected chi connectivity index (χ3v) is 3.00. The van der Waals surface area contributed by atoms with Gasteiger partial charge in [0, 0.05) is 13.1 Å². The van der Waals surface area contributed by atoms with Crippen molar-refractivity contribution in [3.63, 3.8) is 0 Å². The lowest BCUT2D eigenvalue weighted by Gasteiger charge is -2.32. The Morgan fingerprint density at radius 3 is 3.12 bits per heavy atom. The number of aromatic nitrogens is 2. The Morgan fingerprint density at radius 2 is 2.41 bits per heavy atom. The largest absolute Gasteiger partial charge is 0.369 e. The van der Waals surface area contributed by atoms with Crippen LogP contribution in [-0.2, 0) is 4.79 Å². The first kappa shape index (κ1) is 12.0. The lowest BCUT2D eigenvalue weighted by molar-refractivity contribution is -0.122. The van der Waals surface area contributed by atoms with Crippen molar-refractivity contribution >= 4 is 23.3 Å². The molecule has 17 heavy (non-hydrogen) atoms. The Balaban J connectivity index is 2.21. The summed E-state index contributed by atoms with van der Waals surface area (Å²) < 4.78 is 13.5. The smallest absolute Gasteiger partial charge is 0.224 e. The van der Waals surface area contributed by atoms with Gasteiger partial charge in [-0.25, -0.2) is 9.37 Å². The van der Waals surface area contributed by atoms with Gasteiger partial charge < -0.3 is 10.6 Å². The van der Waals surface area contributed by atoms with Gasteiger partial charge in [0.05, 0.1) is 12.1 Å². The second kappa shape index (κ2) is 4.83. The van der Waals surface area contributed by atoms with Crippen molar-refractivity contribution in [2.24, 2.45) is 11.7 Å². The van der Waals surface area contributed by atoms with Gasteiger partial charge in [0.25, 0.3) is 0 Å². The molecule has 0 spiro atoms. The predicted molar refractivity (Wildman–Crippen MR) is 61.1 cm³/mol. The van der Waals surface area contributed by atoms with Crippen LogP contribution in [0.25, 0.3) is 0 Å². The van der Waals surface area contributed by atoms with Crippen molar-refractivity contribution in [1.82, 2.24) is 9.97 Å². The molecule has 2 rings (SSSR count). The number of halogens is 2. The van der Waals surface area contributed by atoms with Crippen LogP contribution in [0.3, 0.4) is 0 Å². The van der Waals surface area contributed by atoms with Crippen LogP contribution in [0.5, 0.6) is 0 Å². The van der Waals surface area contributed by atoms with Crippen LogP contribution >= 0.6 is 11.6 Å². The van der Waals surface area contributed by atoms with Gasteiger partial charge in [-0.3, -0.25) is 4.79 Å². The molecule has 0 aromatic carbocycles. The third-order valence-electron chi connectivity index (χ3n) is 2.82. The van der Waals surface area contributed by atoms with E-state index in [2.05, 4.69) is 9.97 Å². The van der Waals surface area contributed by atoms with E-state index < -0.39 is 5.82 Å². The Bertz CT molecular complexity index is 442. The van der Waals surface area contributed by atoms with Crippen molar-refractivity contribution in [1.29, 1.82) is 0 Å². The minimum absolute atomic E-state index is 0.0115. The highest BCUT2D eigenvalue weighted by Crippen LogP contribution is 2.24. The van der Waals surface area contributed by atoms with E-state index >= 15 is 0 Å². The molecule has 1 amide bonds. The molecule has 1 fully saturated rings. The number of piperidine rings is 1. The fourth-order valence-corrected chi connectivity index (χ4v) is 2.09. The van der Waals surface area contributed by atoms with Crippen molar-refractivity contribution < 1.29 is 9.18 Å². The van der Waals surface area contributed by atoms with Crippen LogP contribution in [0.15, 0.2) is 6.20 Å². The van der Waals surface area contributed by atoms with Gasteiger partial charge in [-0.2, -0.15) is 4.98 Å². The standard InChI is InChI=1S/C10H12ClFN4O/c11-10-14-4-7(12)9(15-10)16-3-1-2-6(5-16)8(13)17/h4,6H,1-3,5H2,(H2,13,17). The SMILES string of the molecule is NC(=O)C1CCCN(c2nc(Cl)ncc2F)C1. The molecule has 1 aromatic heterocycles. The zero-order valence-corrected chi connectivity index (χ0v) is 9.82. The van der Waals surface area contributed by atoms with E-state index in [1.54, 1.807) is 4.90 Å². The first-order valence-electron chi connectivity index (χ1n) is 5.30. The maximum absolute atomic E-state index is 13.5. The lowest BCUT2D eigenvalue weighted by atomic mass is 9.97. The van der Waals surface area contributed by atoms with Gasteiger partial charge >= 0.3 is 0 Å². The summed E-state index contributed by atoms with van der Waals surface area (Å²) in [6.07, 6.45) is 2.53. The number of hydrogen-bond donors (Lipinski definition) is 1. The Morgan fingerprint density at radius 1 is 1.65 bits per heavy atom. The summed E-state index contributed by atoms with van der Waals surface area (Å²) in [4.78, 5) is 20.2. The predicted octanol–water partition coefficient (Wildman–Crippen LogP) is 0.971. The summed E-state index contributed by atoms with van der Waals surface area (Å²) in [5.41, 5.74) is 5.26. The molecule has 1 unspecified atom stereocenters. The summed E-state index contributed by atoms with van der Waals surface area (Å²) in [6, 6.07) is 0. The van der Waals surface area contributed by atoms with E-state index in [0.717, 1.165) is 19.0 Å². The zero-order valence-electron chi connectivity index (χ0n) is 9.07. The van der Waals surface area contributed by atoms with Crippen molar-refractivity contribution in [2.45, 2.75) is 12.8 Å². The lowest BCUT2D eigenvalue weighted by Crippen LogP contribution is -2.42. The molecule has 0 saturated carbocycles. The first-order chi connectivity index (χ1) is 8.08. The molecule has 0 aliphatic carbocycles. The number of amides is 1. The molecule has 1 aliphatic rings. The van der Waals surface area contributed by atoms with Crippen LogP contribution in [0.4, 0.5) is 10.2 Å². The molecule has 1 aromatic rings. The highest BCUT2D eigenvalue weighted by atomic mass is 35.5. The quantitative estimate of drug-likeness (QED) is 0.803. The highest BCUT2D eigenvalue weighted by Gasteiger charge is 2.26. The summed E-state index contributed by atoms with van der Waals surface area (Å²) in [5, 5.41) is -0.0115. The molecule has 1 saturated heterocycles. The summed E-state index contributed by atoms with van der Waals surface area (Å²) in [5.74, 6) is -1.04. The number of hydrogen-bond acceptors (Lipinski definition) is 4. The second-order valence-electron chi connectivity index (χ2n) is 4.00. The average molecular weight is 259 g/mol. The molecule has 2 heterocycles. The Kier molecular flexibility index (Phi) is 3.42. The Hall–Kier alpha value is -1.43. The molecule has 1 atom stereocenters. The van der Waals surface area contributed by atoms with Crippen molar-refractivity contribution in [3.05, 3.63) is 17.3 Å². The fraction of sp³-hybridized carbons (Fsp3) is 0.500. The Labute approximate surface area is 103 Å². The van der Waals surface area contributed by atoms with E-state index in [9.17, 15) is 9.18 Å². The summed E-state index contributed by atoms with van der Waals surface area (Å²) >= 11 is 5.63. The van der Waals surface area contributed by atoms with Crippen LogP contribution in [0, 0.1) is 11.7 Å². The topological polar surface area (TPSA) is 72.1 Å². The van der Waals surface area contributed by atoms with Gasteiger partial charge in [-0.1, -0.05) is 0 Å². The highest BCUT2D eigenvalue weighted by molar-refractivity contribution is 6.28. The number of nitrogens with two attached hydrogens (primary N) is 1. The molecule has 7 heteroatoms. The van der Waals surface area contributed by atoms with Gasteiger partial charge in [0.2, 0.25) is 11.2 Å². The van der Waals surface area contributed by atoms with Crippen LogP contribution in [-0.4, -0.2) is 29.0 Å². The van der Waals surface area contributed by atoms with Crippen LogP contribution in [0.1, 0.15) is 12.8 Å². The number of rotatable bonds is 2. The van der Waals surface area contributed by atoms with E-state index in [1.807, 2.05) is 0 Å². The average Bonchev–Trinajstić information content (AvgIpc) is 2.32. The number of nitrogens with zero attached hydrogens (tertiary/aromatic N) is 3. The van der Waals surface area contributed by atoms with E-state index in [-0.39, 0.29) is 22.9 Å². The molecule has 0 bridgehead atoms. The number of primary amides is 1. The van der Waals surface area contributed by atoms with Crippen molar-refractivity contribution in [2.75, 3.05) is 18.0 Å². The van der Waals surface area contributed by atoms with Gasteiger partial charge in [0.1, 0.15) is 0 Å². The van der Waals surface area contributed by atoms with E-state index in [0.29, 0.717) is 13.1 Å². The minimum Gasteiger partial charge on any atom is -0.369 e. The molecular weight excluding hydrogens is 247 g/mol. The molecule has 5 nitrogen and oxygen atoms in total. The third kappa shape index (κ3) is 2.63. The van der Waals surface area contributed by atoms with E-state index in [4.69, 9.17) is 17.3 Å². The fourth-order valence-electron chi connectivity index (χ4n) is 1.96. The first-order valence-corrected chi connectivity index (χ1v) is 5.68. The number of carbonyl (C=O) groups is 1. The molecule has 1 aliphatic heterocycles. The zero-order chi connectivity index (χ0) is 12.4. The minimum atomic E-state index is -0.542. The van der Waals surface area contributed by atoms with Gasteiger partial charge in [-0.15, -0.1) is 0 Å². The maximum atomic E-state index is 13.5. The molecule has 92 valence electrons. The van der Waals surface area contributed by atoms with Crippen molar-refractivity contribution in [3.8, 4) is 0 Å². The molecular formula is C10H12ClFN4O. The maximum Gasteiger partial charge on any atom is 0.224 e. The molecule has 2 N–H and O–H groups in total. The van der Waals surface area contributed by atoms with Crippen LogP contribution in [0.2, 0.25) is 5.28 Å². The van der Waals surface area contributed by atoms with Gasteiger partial charge in [0.15, 0.2) is 11.6 Å². The normalized spacial score (nSPS) is 20.4. The second-order valence-corrected chi connectivity index (χ2v) is 4.34. The number of anilines is 1. The monoisotopic (exact) mass is 258 g/mol. The number of carbonyl (C=O) groups excluding carboxylic acids is 1. The summed E-state index contributed by atoms with van der Waals surface area (Å²) in [6.45, 7) is 1.01. The van der Waals surface area contributed by atoms with Gasteiger partial charge in [-0.05, 0) is 24.4 Å². The van der Waals surface area contributed by atoms with E-state index in [1.165, 1.54) is 0 Å². The summed E-state index contributed by atoms with van der Waals surface area (Å²) in [7, 11) is 0.